The van der Waals surface area contributed by atoms with Gasteiger partial charge in [-0.2, -0.15) is 11.3 Å². The van der Waals surface area contributed by atoms with Crippen LogP contribution in [0.1, 0.15) is 16.0 Å². The number of aliphatic imine (C=N–C) groups is 1. The maximum absolute atomic E-state index is 4.28. The van der Waals surface area contributed by atoms with E-state index < -0.39 is 0 Å². The van der Waals surface area contributed by atoms with Gasteiger partial charge < -0.3 is 10.6 Å². The standard InChI is InChI=1S/C16H22N4S2.HI/c1-17-16(19-10-13-3-8-21-12-13)18-5-7-20-6-2-15-14(11-20)4-9-22-15;/h3-4,8-9,12H,2,5-7,10-11H2,1H3,(H2,17,18,19);1H. The third kappa shape index (κ3) is 5.44. The number of nitrogens with zero attached hydrogens (tertiary/aromatic N) is 2. The summed E-state index contributed by atoms with van der Waals surface area (Å²) >= 11 is 3.62. The van der Waals surface area contributed by atoms with Crippen LogP contribution in [-0.4, -0.2) is 37.5 Å². The molecule has 1 aliphatic heterocycles. The van der Waals surface area contributed by atoms with Crippen LogP contribution in [0.3, 0.4) is 0 Å². The fourth-order valence-corrected chi connectivity index (χ4v) is 4.19. The fourth-order valence-electron chi connectivity index (χ4n) is 2.63. The van der Waals surface area contributed by atoms with E-state index in [0.717, 1.165) is 38.7 Å². The van der Waals surface area contributed by atoms with E-state index in [1.165, 1.54) is 17.5 Å². The van der Waals surface area contributed by atoms with E-state index in [0.29, 0.717) is 0 Å². The Morgan fingerprint density at radius 2 is 2.22 bits per heavy atom. The summed E-state index contributed by atoms with van der Waals surface area (Å²) in [5.41, 5.74) is 2.81. The Kier molecular flexibility index (Phi) is 7.81. The van der Waals surface area contributed by atoms with Gasteiger partial charge in [0.15, 0.2) is 5.96 Å². The van der Waals surface area contributed by atoms with Crippen molar-refractivity contribution in [1.29, 1.82) is 0 Å². The largest absolute Gasteiger partial charge is 0.355 e. The molecule has 0 spiro atoms. The van der Waals surface area contributed by atoms with Gasteiger partial charge in [0.05, 0.1) is 0 Å². The van der Waals surface area contributed by atoms with Crippen molar-refractivity contribution in [2.45, 2.75) is 19.5 Å². The molecule has 2 aromatic heterocycles. The molecule has 0 saturated carbocycles. The lowest BCUT2D eigenvalue weighted by Gasteiger charge is -2.27. The van der Waals surface area contributed by atoms with E-state index in [1.54, 1.807) is 16.2 Å². The van der Waals surface area contributed by atoms with Gasteiger partial charge in [0.25, 0.3) is 0 Å². The molecule has 23 heavy (non-hydrogen) atoms. The second-order valence-electron chi connectivity index (χ2n) is 5.38. The van der Waals surface area contributed by atoms with Crippen LogP contribution in [0.4, 0.5) is 0 Å². The molecule has 7 heteroatoms. The summed E-state index contributed by atoms with van der Waals surface area (Å²) in [6.45, 7) is 5.04. The highest BCUT2D eigenvalue weighted by Gasteiger charge is 2.16. The lowest BCUT2D eigenvalue weighted by Crippen LogP contribution is -2.42. The van der Waals surface area contributed by atoms with E-state index in [9.17, 15) is 0 Å². The molecule has 0 radical (unpaired) electrons. The third-order valence-electron chi connectivity index (χ3n) is 3.87. The highest BCUT2D eigenvalue weighted by Crippen LogP contribution is 2.23. The van der Waals surface area contributed by atoms with Gasteiger partial charge >= 0.3 is 0 Å². The number of nitrogens with one attached hydrogen (secondary N) is 2. The van der Waals surface area contributed by atoms with E-state index in [4.69, 9.17) is 0 Å². The molecule has 126 valence electrons. The maximum Gasteiger partial charge on any atom is 0.191 e. The van der Waals surface area contributed by atoms with Gasteiger partial charge in [0, 0.05) is 44.6 Å². The first kappa shape index (κ1) is 18.7. The van der Waals surface area contributed by atoms with Crippen molar-refractivity contribution in [1.82, 2.24) is 15.5 Å². The quantitative estimate of drug-likeness (QED) is 0.408. The molecule has 0 fully saturated rings. The summed E-state index contributed by atoms with van der Waals surface area (Å²) in [4.78, 5) is 8.35. The topological polar surface area (TPSA) is 39.7 Å². The van der Waals surface area contributed by atoms with Crippen molar-refractivity contribution < 1.29 is 0 Å². The summed E-state index contributed by atoms with van der Waals surface area (Å²) in [7, 11) is 1.82. The Bertz CT molecular complexity index is 609. The third-order valence-corrected chi connectivity index (χ3v) is 5.63. The van der Waals surface area contributed by atoms with Crippen LogP contribution in [0.2, 0.25) is 0 Å². The second-order valence-corrected chi connectivity index (χ2v) is 7.16. The molecule has 0 saturated heterocycles. The van der Waals surface area contributed by atoms with Crippen molar-refractivity contribution in [2.75, 3.05) is 26.7 Å². The van der Waals surface area contributed by atoms with E-state index in [2.05, 4.69) is 48.8 Å². The van der Waals surface area contributed by atoms with Crippen molar-refractivity contribution in [2.24, 2.45) is 4.99 Å². The molecule has 2 aromatic rings. The van der Waals surface area contributed by atoms with Crippen LogP contribution in [0.25, 0.3) is 0 Å². The number of halogens is 1. The van der Waals surface area contributed by atoms with Gasteiger partial charge in [-0.15, -0.1) is 35.3 Å². The predicted molar refractivity (Wildman–Crippen MR) is 111 cm³/mol. The Balaban J connectivity index is 0.00000192. The average molecular weight is 462 g/mol. The van der Waals surface area contributed by atoms with Crippen LogP contribution < -0.4 is 10.6 Å². The molecule has 4 nitrogen and oxygen atoms in total. The molecule has 3 heterocycles. The summed E-state index contributed by atoms with van der Waals surface area (Å²) in [6.07, 6.45) is 1.19. The van der Waals surface area contributed by atoms with Crippen LogP contribution >= 0.6 is 46.7 Å². The first-order valence-electron chi connectivity index (χ1n) is 7.58. The minimum Gasteiger partial charge on any atom is -0.355 e. The van der Waals surface area contributed by atoms with Gasteiger partial charge in [-0.25, -0.2) is 0 Å². The van der Waals surface area contributed by atoms with Gasteiger partial charge in [-0.3, -0.25) is 9.89 Å². The number of hydrogen-bond donors (Lipinski definition) is 2. The fraction of sp³-hybridized carbons (Fsp3) is 0.438. The molecule has 0 atom stereocenters. The van der Waals surface area contributed by atoms with Crippen LogP contribution in [0, 0.1) is 0 Å². The average Bonchev–Trinajstić information content (AvgIpc) is 3.21. The van der Waals surface area contributed by atoms with Crippen molar-refractivity contribution in [3.63, 3.8) is 0 Å². The van der Waals surface area contributed by atoms with E-state index in [-0.39, 0.29) is 24.0 Å². The Morgan fingerprint density at radius 3 is 3.00 bits per heavy atom. The van der Waals surface area contributed by atoms with E-state index >= 15 is 0 Å². The molecule has 0 aromatic carbocycles. The highest BCUT2D eigenvalue weighted by molar-refractivity contribution is 14.0. The molecule has 0 aliphatic carbocycles. The molecule has 2 N–H and O–H groups in total. The molecule has 1 aliphatic rings. The molecule has 3 rings (SSSR count). The second kappa shape index (κ2) is 9.61. The Labute approximate surface area is 163 Å². The maximum atomic E-state index is 4.28. The summed E-state index contributed by atoms with van der Waals surface area (Å²) in [6, 6.07) is 4.40. The highest BCUT2D eigenvalue weighted by atomic mass is 127. The van der Waals surface area contributed by atoms with Crippen LogP contribution in [0.5, 0.6) is 0 Å². The van der Waals surface area contributed by atoms with Gasteiger partial charge in [-0.1, -0.05) is 0 Å². The molecule has 0 bridgehead atoms. The zero-order chi connectivity index (χ0) is 15.2. The van der Waals surface area contributed by atoms with E-state index in [1.807, 2.05) is 18.4 Å². The molecular formula is C16H23IN4S2. The van der Waals surface area contributed by atoms with Crippen LogP contribution in [0.15, 0.2) is 33.3 Å². The van der Waals surface area contributed by atoms with Gasteiger partial charge in [0.1, 0.15) is 0 Å². The number of rotatable bonds is 5. The van der Waals surface area contributed by atoms with Crippen LogP contribution in [-0.2, 0) is 19.5 Å². The number of guanidine groups is 1. The lowest BCUT2D eigenvalue weighted by molar-refractivity contribution is 0.260. The zero-order valence-electron chi connectivity index (χ0n) is 13.2. The predicted octanol–water partition coefficient (Wildman–Crippen LogP) is 3.15. The minimum atomic E-state index is 0. The smallest absolute Gasteiger partial charge is 0.191 e. The summed E-state index contributed by atoms with van der Waals surface area (Å²) in [5.74, 6) is 0.874. The number of hydrogen-bond acceptors (Lipinski definition) is 4. The summed E-state index contributed by atoms with van der Waals surface area (Å²) in [5, 5.41) is 13.2. The first-order valence-corrected chi connectivity index (χ1v) is 9.40. The van der Waals surface area contributed by atoms with Crippen molar-refractivity contribution >= 4 is 52.6 Å². The Morgan fingerprint density at radius 1 is 1.30 bits per heavy atom. The number of thiophene rings is 2. The number of fused-ring (bicyclic) bond motifs is 1. The van der Waals surface area contributed by atoms with Gasteiger partial charge in [0.2, 0.25) is 0 Å². The zero-order valence-corrected chi connectivity index (χ0v) is 17.2. The van der Waals surface area contributed by atoms with Gasteiger partial charge in [-0.05, 0) is 45.8 Å². The SMILES string of the molecule is CN=C(NCCN1CCc2sccc2C1)NCc1ccsc1.I. The molecular weight excluding hydrogens is 439 g/mol. The van der Waals surface area contributed by atoms with Crippen molar-refractivity contribution in [3.05, 3.63) is 44.3 Å². The Hall–Kier alpha value is -0.640. The molecule has 0 amide bonds. The monoisotopic (exact) mass is 462 g/mol. The summed E-state index contributed by atoms with van der Waals surface area (Å²) < 4.78 is 0. The molecule has 0 unspecified atom stereocenters. The minimum absolute atomic E-state index is 0. The first-order chi connectivity index (χ1) is 10.8. The van der Waals surface area contributed by atoms with Crippen molar-refractivity contribution in [3.8, 4) is 0 Å². The lowest BCUT2D eigenvalue weighted by atomic mass is 10.1. The normalized spacial score (nSPS) is 14.9.